The first-order valence-electron chi connectivity index (χ1n) is 11.3. The van der Waals surface area contributed by atoms with Crippen LogP contribution in [0.2, 0.25) is 0 Å². The number of thioether (sulfide) groups is 1. The maximum atomic E-state index is 14.1. The number of nitrogens with one attached hydrogen (secondary N) is 1. The van der Waals surface area contributed by atoms with Crippen LogP contribution in [-0.4, -0.2) is 21.2 Å². The maximum Gasteiger partial charge on any atom is 0.267 e. The first-order valence-corrected chi connectivity index (χ1v) is 13.9. The van der Waals surface area contributed by atoms with Crippen molar-refractivity contribution in [2.45, 2.75) is 45.2 Å². The van der Waals surface area contributed by atoms with Crippen molar-refractivity contribution in [1.29, 1.82) is 0 Å². The van der Waals surface area contributed by atoms with E-state index >= 15 is 0 Å². The van der Waals surface area contributed by atoms with E-state index in [1.54, 1.807) is 10.6 Å². The molecular formula is C26H25BrFN3O2S2. The summed E-state index contributed by atoms with van der Waals surface area (Å²) in [7, 11) is 0. The average molecular weight is 575 g/mol. The first kappa shape index (κ1) is 25.6. The number of carbonyl (C=O) groups is 1. The zero-order valence-electron chi connectivity index (χ0n) is 19.7. The Morgan fingerprint density at radius 1 is 1.20 bits per heavy atom. The molecule has 2 aromatic heterocycles. The van der Waals surface area contributed by atoms with Crippen LogP contribution in [0.3, 0.4) is 0 Å². The highest BCUT2D eigenvalue weighted by Gasteiger charge is 2.20. The highest BCUT2D eigenvalue weighted by molar-refractivity contribution is 9.10. The van der Waals surface area contributed by atoms with Crippen LogP contribution >= 0.6 is 39.0 Å². The number of amides is 1. The lowest BCUT2D eigenvalue weighted by Crippen LogP contribution is -2.23. The Kier molecular flexibility index (Phi) is 8.09. The zero-order valence-corrected chi connectivity index (χ0v) is 22.9. The number of carbonyl (C=O) groups excluding carboxylic acids is 1. The number of nitrogens with zero attached hydrogens (tertiary/aromatic N) is 2. The molecule has 0 aliphatic rings. The molecule has 2 heterocycles. The van der Waals surface area contributed by atoms with E-state index in [-0.39, 0.29) is 22.9 Å². The van der Waals surface area contributed by atoms with Gasteiger partial charge in [-0.15, -0.1) is 11.3 Å². The fourth-order valence-corrected chi connectivity index (χ4v) is 6.25. The molecule has 1 amide bonds. The number of aryl methyl sites for hydroxylation is 3. The minimum atomic E-state index is -0.525. The lowest BCUT2D eigenvalue weighted by Gasteiger charge is -2.13. The van der Waals surface area contributed by atoms with Crippen LogP contribution in [0.1, 0.15) is 36.3 Å². The van der Waals surface area contributed by atoms with Crippen LogP contribution in [0.25, 0.3) is 15.9 Å². The molecular weight excluding hydrogens is 549 g/mol. The minimum absolute atomic E-state index is 0.0212. The Labute approximate surface area is 219 Å². The van der Waals surface area contributed by atoms with Gasteiger partial charge >= 0.3 is 0 Å². The summed E-state index contributed by atoms with van der Waals surface area (Å²) in [4.78, 5) is 33.0. The molecule has 0 unspecified atom stereocenters. The smallest absolute Gasteiger partial charge is 0.267 e. The molecule has 0 aliphatic carbocycles. The Morgan fingerprint density at radius 3 is 2.60 bits per heavy atom. The Morgan fingerprint density at radius 2 is 1.94 bits per heavy atom. The topological polar surface area (TPSA) is 64.0 Å². The molecule has 2 aromatic carbocycles. The summed E-state index contributed by atoms with van der Waals surface area (Å²) < 4.78 is 16.3. The van der Waals surface area contributed by atoms with Gasteiger partial charge in [-0.1, -0.05) is 60.1 Å². The highest BCUT2D eigenvalue weighted by atomic mass is 79.9. The van der Waals surface area contributed by atoms with Crippen LogP contribution in [0, 0.1) is 12.7 Å². The van der Waals surface area contributed by atoms with E-state index in [2.05, 4.69) is 35.1 Å². The first-order chi connectivity index (χ1) is 16.8. The lowest BCUT2D eigenvalue weighted by atomic mass is 10.1. The van der Waals surface area contributed by atoms with Gasteiger partial charge in [0.2, 0.25) is 5.91 Å². The third kappa shape index (κ3) is 5.52. The van der Waals surface area contributed by atoms with Crippen LogP contribution in [0.15, 0.2) is 56.9 Å². The second kappa shape index (κ2) is 11.1. The monoisotopic (exact) mass is 573 g/mol. The SMILES string of the molecule is CCCc1sc2nc(SCC(=O)Nc3ccc(Br)cc3F)n(-c3ccc(CC)cc3)c(=O)c2c1C. The van der Waals surface area contributed by atoms with Crippen molar-refractivity contribution in [1.82, 2.24) is 9.55 Å². The van der Waals surface area contributed by atoms with Gasteiger partial charge in [-0.05, 0) is 61.2 Å². The second-order valence-electron chi connectivity index (χ2n) is 8.10. The fraction of sp³-hybridized carbons (Fsp3) is 0.269. The fourth-order valence-electron chi connectivity index (χ4n) is 3.79. The predicted molar refractivity (Wildman–Crippen MR) is 147 cm³/mol. The molecule has 0 radical (unpaired) electrons. The summed E-state index contributed by atoms with van der Waals surface area (Å²) in [6.45, 7) is 6.16. The Hall–Kier alpha value is -2.49. The number of hydrogen-bond donors (Lipinski definition) is 1. The molecule has 1 N–H and O–H groups in total. The number of anilines is 1. The van der Waals surface area contributed by atoms with E-state index < -0.39 is 5.82 Å². The van der Waals surface area contributed by atoms with Crippen molar-refractivity contribution in [2.75, 3.05) is 11.1 Å². The molecule has 9 heteroatoms. The van der Waals surface area contributed by atoms with E-state index in [0.717, 1.165) is 47.0 Å². The van der Waals surface area contributed by atoms with Crippen molar-refractivity contribution >= 4 is 60.8 Å². The van der Waals surface area contributed by atoms with Gasteiger partial charge in [0.25, 0.3) is 5.56 Å². The molecule has 4 rings (SSSR count). The molecule has 4 aromatic rings. The molecule has 0 saturated carbocycles. The molecule has 35 heavy (non-hydrogen) atoms. The molecule has 0 bridgehead atoms. The third-order valence-corrected chi connectivity index (χ3v) is 8.33. The van der Waals surface area contributed by atoms with Crippen LogP contribution in [0.4, 0.5) is 10.1 Å². The van der Waals surface area contributed by atoms with Crippen LogP contribution in [-0.2, 0) is 17.6 Å². The summed E-state index contributed by atoms with van der Waals surface area (Å²) in [5.41, 5.74) is 2.80. The van der Waals surface area contributed by atoms with Crippen molar-refractivity contribution in [3.63, 3.8) is 0 Å². The minimum Gasteiger partial charge on any atom is -0.323 e. The Bertz CT molecular complexity index is 1450. The molecule has 0 atom stereocenters. The summed E-state index contributed by atoms with van der Waals surface area (Å²) in [6, 6.07) is 12.3. The molecule has 0 fully saturated rings. The van der Waals surface area contributed by atoms with E-state index in [4.69, 9.17) is 4.98 Å². The summed E-state index contributed by atoms with van der Waals surface area (Å²) in [5.74, 6) is -0.928. The second-order valence-corrected chi connectivity index (χ2v) is 11.0. The molecule has 182 valence electrons. The quantitative estimate of drug-likeness (QED) is 0.184. The maximum absolute atomic E-state index is 14.1. The third-order valence-electron chi connectivity index (χ3n) is 5.65. The van der Waals surface area contributed by atoms with Crippen molar-refractivity contribution in [3.8, 4) is 5.69 Å². The molecule has 5 nitrogen and oxygen atoms in total. The van der Waals surface area contributed by atoms with Gasteiger partial charge in [0.15, 0.2) is 5.16 Å². The van der Waals surface area contributed by atoms with Gasteiger partial charge in [-0.25, -0.2) is 9.37 Å². The summed E-state index contributed by atoms with van der Waals surface area (Å²) >= 11 is 5.90. The Balaban J connectivity index is 1.71. The summed E-state index contributed by atoms with van der Waals surface area (Å²) in [5, 5.41) is 3.66. The predicted octanol–water partition coefficient (Wildman–Crippen LogP) is 6.90. The van der Waals surface area contributed by atoms with E-state index in [9.17, 15) is 14.0 Å². The van der Waals surface area contributed by atoms with Gasteiger partial charge in [0.05, 0.1) is 22.5 Å². The number of halogens is 2. The van der Waals surface area contributed by atoms with E-state index in [1.165, 1.54) is 23.5 Å². The van der Waals surface area contributed by atoms with Crippen LogP contribution < -0.4 is 10.9 Å². The number of rotatable bonds is 8. The van der Waals surface area contributed by atoms with Gasteiger partial charge in [-0.2, -0.15) is 0 Å². The average Bonchev–Trinajstić information content (AvgIpc) is 3.15. The van der Waals surface area contributed by atoms with Gasteiger partial charge in [0.1, 0.15) is 10.6 Å². The van der Waals surface area contributed by atoms with Gasteiger partial charge < -0.3 is 5.32 Å². The van der Waals surface area contributed by atoms with E-state index in [1.807, 2.05) is 31.2 Å². The number of fused-ring (bicyclic) bond motifs is 1. The molecule has 0 saturated heterocycles. The highest BCUT2D eigenvalue weighted by Crippen LogP contribution is 2.31. The normalized spacial score (nSPS) is 11.2. The number of aromatic nitrogens is 2. The van der Waals surface area contributed by atoms with Gasteiger partial charge in [0, 0.05) is 9.35 Å². The number of thiophene rings is 1. The van der Waals surface area contributed by atoms with Crippen molar-refractivity contribution in [3.05, 3.63) is 79.1 Å². The zero-order chi connectivity index (χ0) is 25.1. The number of benzene rings is 2. The largest absolute Gasteiger partial charge is 0.323 e. The van der Waals surface area contributed by atoms with Gasteiger partial charge in [-0.3, -0.25) is 14.2 Å². The molecule has 0 aliphatic heterocycles. The standard InChI is InChI=1S/C26H25BrFN3O2S2/c1-4-6-21-15(3)23-24(35-21)30-26(31(25(23)33)18-10-7-16(5-2)8-11-18)34-14-22(32)29-20-12-9-17(27)13-19(20)28/h7-13H,4-6,14H2,1-3H3,(H,29,32). The lowest BCUT2D eigenvalue weighted by molar-refractivity contribution is -0.113. The van der Waals surface area contributed by atoms with Crippen molar-refractivity contribution < 1.29 is 9.18 Å². The van der Waals surface area contributed by atoms with Crippen molar-refractivity contribution in [2.24, 2.45) is 0 Å². The van der Waals surface area contributed by atoms with Crippen LogP contribution in [0.5, 0.6) is 0 Å². The van der Waals surface area contributed by atoms with E-state index in [0.29, 0.717) is 25.5 Å². The molecule has 0 spiro atoms. The number of hydrogen-bond acceptors (Lipinski definition) is 5. The summed E-state index contributed by atoms with van der Waals surface area (Å²) in [6.07, 6.45) is 2.76.